The third kappa shape index (κ3) is 6.00. The number of anilines is 1. The summed E-state index contributed by atoms with van der Waals surface area (Å²) < 4.78 is 6.31. The van der Waals surface area contributed by atoms with Gasteiger partial charge in [0.05, 0.1) is 5.69 Å². The maximum Gasteiger partial charge on any atom is 0.264 e. The van der Waals surface area contributed by atoms with Gasteiger partial charge in [-0.3, -0.25) is 10.1 Å². The summed E-state index contributed by atoms with van der Waals surface area (Å²) in [7, 11) is 0. The Kier molecular flexibility index (Phi) is 7.41. The molecule has 138 valence electrons. The van der Waals surface area contributed by atoms with Crippen molar-refractivity contribution in [1.82, 2.24) is 5.32 Å². The van der Waals surface area contributed by atoms with Crippen LogP contribution in [0.3, 0.4) is 0 Å². The monoisotopic (exact) mass is 436 g/mol. The average molecular weight is 437 g/mol. The molecule has 1 atom stereocenters. The summed E-state index contributed by atoms with van der Waals surface area (Å²) in [6, 6.07) is 12.5. The fourth-order valence-electron chi connectivity index (χ4n) is 2.19. The molecule has 0 aromatic heterocycles. The van der Waals surface area contributed by atoms with Crippen molar-refractivity contribution in [3.05, 3.63) is 52.5 Å². The number of phenolic OH excluding ortho intramolecular Hbond substituents is 1. The van der Waals surface area contributed by atoms with Gasteiger partial charge in [-0.1, -0.05) is 35.8 Å². The van der Waals surface area contributed by atoms with Crippen LogP contribution in [0.2, 0.25) is 0 Å². The summed E-state index contributed by atoms with van der Waals surface area (Å²) in [5.41, 5.74) is 1.49. The molecule has 0 aliphatic rings. The van der Waals surface area contributed by atoms with Gasteiger partial charge in [0.1, 0.15) is 11.5 Å². The molecule has 26 heavy (non-hydrogen) atoms. The van der Waals surface area contributed by atoms with E-state index in [9.17, 15) is 9.90 Å². The maximum atomic E-state index is 11.9. The number of carbonyl (C=O) groups is 1. The van der Waals surface area contributed by atoms with Gasteiger partial charge in [-0.05, 0) is 66.5 Å². The largest absolute Gasteiger partial charge is 0.506 e. The highest BCUT2D eigenvalue weighted by Crippen LogP contribution is 2.29. The van der Waals surface area contributed by atoms with Crippen molar-refractivity contribution in [2.24, 2.45) is 0 Å². The van der Waals surface area contributed by atoms with Gasteiger partial charge >= 0.3 is 0 Å². The number of halogens is 1. The Hall–Kier alpha value is -2.12. The van der Waals surface area contributed by atoms with Crippen LogP contribution in [0.15, 0.2) is 46.9 Å². The number of carbonyl (C=O) groups excluding carboxylic acids is 1. The molecule has 2 aromatic rings. The topological polar surface area (TPSA) is 70.6 Å². The molecule has 0 radical (unpaired) electrons. The Balaban J connectivity index is 1.85. The quantitative estimate of drug-likeness (QED) is 0.457. The first-order valence-electron chi connectivity index (χ1n) is 8.21. The third-order valence-electron chi connectivity index (χ3n) is 3.89. The van der Waals surface area contributed by atoms with Gasteiger partial charge in [-0.25, -0.2) is 0 Å². The predicted octanol–water partition coefficient (Wildman–Crippen LogP) is 4.56. The van der Waals surface area contributed by atoms with Crippen molar-refractivity contribution < 1.29 is 14.6 Å². The molecule has 2 aromatic carbocycles. The summed E-state index contributed by atoms with van der Waals surface area (Å²) in [5, 5.41) is 15.6. The van der Waals surface area contributed by atoms with Crippen molar-refractivity contribution in [2.45, 2.75) is 26.2 Å². The number of aromatic hydroxyl groups is 1. The highest BCUT2D eigenvalue weighted by atomic mass is 79.9. The second-order valence-corrected chi connectivity index (χ2v) is 7.15. The van der Waals surface area contributed by atoms with Gasteiger partial charge in [0.25, 0.3) is 5.91 Å². The van der Waals surface area contributed by atoms with E-state index in [4.69, 9.17) is 17.0 Å². The number of thiocarbonyl (C=S) groups is 1. The second-order valence-electron chi connectivity index (χ2n) is 5.83. The molecule has 0 bridgehead atoms. The summed E-state index contributed by atoms with van der Waals surface area (Å²) in [6.45, 7) is 4.02. The van der Waals surface area contributed by atoms with Crippen LogP contribution >= 0.6 is 28.1 Å². The molecule has 2 rings (SSSR count). The summed E-state index contributed by atoms with van der Waals surface area (Å²) >= 11 is 8.44. The third-order valence-corrected chi connectivity index (χ3v) is 4.62. The molecule has 3 N–H and O–H groups in total. The molecule has 0 aliphatic heterocycles. The van der Waals surface area contributed by atoms with Crippen LogP contribution in [-0.2, 0) is 4.79 Å². The zero-order valence-corrected chi connectivity index (χ0v) is 17.0. The molecule has 1 amide bonds. The molecule has 7 heteroatoms. The van der Waals surface area contributed by atoms with Gasteiger partial charge in [0.2, 0.25) is 0 Å². The zero-order chi connectivity index (χ0) is 19.1. The van der Waals surface area contributed by atoms with E-state index in [0.29, 0.717) is 17.4 Å². The SMILES string of the molecule is CCC(C)c1ccc(NC(=S)NC(=O)COc2ccc(Br)cc2)c(O)c1. The molecular formula is C19H21BrN2O3S. The first-order valence-corrected chi connectivity index (χ1v) is 9.41. The van der Waals surface area contributed by atoms with Crippen LogP contribution in [0.5, 0.6) is 11.5 Å². The molecule has 0 heterocycles. The Morgan fingerprint density at radius 1 is 1.27 bits per heavy atom. The van der Waals surface area contributed by atoms with Gasteiger partial charge in [0.15, 0.2) is 11.7 Å². The number of rotatable bonds is 6. The normalized spacial score (nSPS) is 11.5. The smallest absolute Gasteiger partial charge is 0.264 e. The maximum absolute atomic E-state index is 11.9. The fourth-order valence-corrected chi connectivity index (χ4v) is 2.68. The number of ether oxygens (including phenoxy) is 1. The number of benzene rings is 2. The van der Waals surface area contributed by atoms with Gasteiger partial charge in [0, 0.05) is 4.47 Å². The zero-order valence-electron chi connectivity index (χ0n) is 14.6. The minimum Gasteiger partial charge on any atom is -0.506 e. The number of phenols is 1. The van der Waals surface area contributed by atoms with Crippen LogP contribution < -0.4 is 15.4 Å². The van der Waals surface area contributed by atoms with E-state index in [2.05, 4.69) is 40.4 Å². The lowest BCUT2D eigenvalue weighted by molar-refractivity contribution is -0.121. The van der Waals surface area contributed by atoms with Gasteiger partial charge in [-0.2, -0.15) is 0 Å². The first-order chi connectivity index (χ1) is 12.4. The number of amides is 1. The van der Waals surface area contributed by atoms with Crippen molar-refractivity contribution in [1.29, 1.82) is 0 Å². The van der Waals surface area contributed by atoms with E-state index in [-0.39, 0.29) is 23.4 Å². The molecule has 1 unspecified atom stereocenters. The Bertz CT molecular complexity index is 781. The van der Waals surface area contributed by atoms with E-state index >= 15 is 0 Å². The standard InChI is InChI=1S/C19H21BrN2O3S/c1-3-12(2)13-4-9-16(17(23)10-13)21-19(26)22-18(24)11-25-15-7-5-14(20)6-8-15/h4-10,12,23H,3,11H2,1-2H3,(H2,21,22,24,26). The molecular weight excluding hydrogens is 416 g/mol. The lowest BCUT2D eigenvalue weighted by Gasteiger charge is -2.14. The minimum absolute atomic E-state index is 0.0884. The van der Waals surface area contributed by atoms with E-state index in [1.807, 2.05) is 18.2 Å². The van der Waals surface area contributed by atoms with Crippen molar-refractivity contribution in [3.8, 4) is 11.5 Å². The van der Waals surface area contributed by atoms with Crippen molar-refractivity contribution in [3.63, 3.8) is 0 Å². The van der Waals surface area contributed by atoms with E-state index in [1.54, 1.807) is 24.3 Å². The van der Waals surface area contributed by atoms with Gasteiger partial charge in [-0.15, -0.1) is 0 Å². The molecule has 0 spiro atoms. The van der Waals surface area contributed by atoms with E-state index in [1.165, 1.54) is 0 Å². The van der Waals surface area contributed by atoms with E-state index in [0.717, 1.165) is 16.5 Å². The number of hydrogen-bond acceptors (Lipinski definition) is 4. The lowest BCUT2D eigenvalue weighted by Crippen LogP contribution is -2.37. The predicted molar refractivity (Wildman–Crippen MR) is 111 cm³/mol. The minimum atomic E-state index is -0.388. The van der Waals surface area contributed by atoms with Crippen molar-refractivity contribution in [2.75, 3.05) is 11.9 Å². The highest BCUT2D eigenvalue weighted by molar-refractivity contribution is 9.10. The Morgan fingerprint density at radius 3 is 2.58 bits per heavy atom. The van der Waals surface area contributed by atoms with Crippen LogP contribution in [0.4, 0.5) is 5.69 Å². The highest BCUT2D eigenvalue weighted by Gasteiger charge is 2.10. The Morgan fingerprint density at radius 2 is 1.96 bits per heavy atom. The summed E-state index contributed by atoms with van der Waals surface area (Å²) in [5.74, 6) is 0.643. The number of hydrogen-bond donors (Lipinski definition) is 3. The average Bonchev–Trinajstić information content (AvgIpc) is 2.62. The first kappa shape index (κ1) is 20.2. The van der Waals surface area contributed by atoms with Crippen molar-refractivity contribution >= 4 is 44.9 Å². The molecule has 5 nitrogen and oxygen atoms in total. The molecule has 0 fully saturated rings. The number of nitrogens with one attached hydrogen (secondary N) is 2. The molecule has 0 aliphatic carbocycles. The molecule has 0 saturated carbocycles. The van der Waals surface area contributed by atoms with Crippen LogP contribution in [0, 0.1) is 0 Å². The summed E-state index contributed by atoms with van der Waals surface area (Å²) in [4.78, 5) is 11.9. The fraction of sp³-hybridized carbons (Fsp3) is 0.263. The molecule has 0 saturated heterocycles. The summed E-state index contributed by atoms with van der Waals surface area (Å²) in [6.07, 6.45) is 0.985. The Labute approximate surface area is 166 Å². The van der Waals surface area contributed by atoms with Crippen LogP contribution in [0.25, 0.3) is 0 Å². The van der Waals surface area contributed by atoms with Crippen LogP contribution in [0.1, 0.15) is 31.7 Å². The van der Waals surface area contributed by atoms with E-state index < -0.39 is 0 Å². The van der Waals surface area contributed by atoms with Crippen LogP contribution in [-0.4, -0.2) is 22.7 Å². The second kappa shape index (κ2) is 9.54. The lowest BCUT2D eigenvalue weighted by atomic mass is 9.98. The van der Waals surface area contributed by atoms with Gasteiger partial charge < -0.3 is 15.2 Å².